The number of allylic oxidation sites excluding steroid dienone is 1. The topological polar surface area (TPSA) is 21.1 Å². The van der Waals surface area contributed by atoms with E-state index in [1.165, 1.54) is 21.9 Å². The molecule has 0 N–H and O–H groups in total. The largest absolute Gasteiger partial charge is 0.421 e. The van der Waals surface area contributed by atoms with Gasteiger partial charge in [-0.15, -0.1) is 0 Å². The summed E-state index contributed by atoms with van der Waals surface area (Å²) in [4.78, 5) is 5.16. The van der Waals surface area contributed by atoms with Gasteiger partial charge in [-0.25, -0.2) is 4.98 Å². The van der Waals surface area contributed by atoms with Gasteiger partial charge in [-0.05, 0) is 0 Å². The maximum atomic E-state index is 12.5. The maximum Gasteiger partial charge on any atom is 0.421 e. The fourth-order valence-electron chi connectivity index (χ4n) is 1.43. The lowest BCUT2D eigenvalue weighted by Crippen LogP contribution is -2.27. The van der Waals surface area contributed by atoms with Crippen LogP contribution in [0.5, 0.6) is 0 Å². The van der Waals surface area contributed by atoms with Crippen molar-refractivity contribution in [1.29, 1.82) is 0 Å². The van der Waals surface area contributed by atoms with Gasteiger partial charge in [-0.3, -0.25) is 0 Å². The zero-order valence-corrected chi connectivity index (χ0v) is 7.41. The number of aromatic nitrogens is 2. The van der Waals surface area contributed by atoms with Crippen LogP contribution in [0.4, 0.5) is 13.2 Å². The summed E-state index contributed by atoms with van der Waals surface area (Å²) < 4.78 is 39.0. The molecule has 6 heteroatoms. The molecule has 3 nitrogen and oxygen atoms in total. The predicted octanol–water partition coefficient (Wildman–Crippen LogP) is 1.69. The van der Waals surface area contributed by atoms with Crippen molar-refractivity contribution in [3.8, 4) is 0 Å². The third-order valence-electron chi connectivity index (χ3n) is 1.99. The average Bonchev–Trinajstić information content (AvgIpc) is 2.47. The summed E-state index contributed by atoms with van der Waals surface area (Å²) in [7, 11) is 1.59. The summed E-state index contributed by atoms with van der Waals surface area (Å²) in [6.07, 6.45) is -0.376. The van der Waals surface area contributed by atoms with Crippen LogP contribution in [-0.2, 0) is 6.67 Å². The van der Waals surface area contributed by atoms with Gasteiger partial charge in [0.05, 0.1) is 6.67 Å². The molecule has 0 saturated heterocycles. The molecule has 0 fully saturated rings. The Bertz CT molecular complexity index is 377. The number of halogens is 3. The molecular weight excluding hydrogens is 195 g/mol. The van der Waals surface area contributed by atoms with E-state index in [2.05, 4.69) is 4.98 Å². The lowest BCUT2D eigenvalue weighted by atomic mass is 10.2. The quantitative estimate of drug-likeness (QED) is 0.639. The molecule has 0 amide bonds. The van der Waals surface area contributed by atoms with Crippen molar-refractivity contribution < 1.29 is 13.2 Å². The number of hydrogen-bond acceptors (Lipinski definition) is 2. The van der Waals surface area contributed by atoms with Crippen molar-refractivity contribution >= 4 is 5.57 Å². The zero-order valence-electron chi connectivity index (χ0n) is 7.41. The zero-order chi connectivity index (χ0) is 10.3. The highest BCUT2D eigenvalue weighted by Crippen LogP contribution is 2.34. The Hall–Kier alpha value is -1.46. The normalized spacial score (nSPS) is 16.6. The predicted molar refractivity (Wildman–Crippen MR) is 44.0 cm³/mol. The third-order valence-corrected chi connectivity index (χ3v) is 1.99. The van der Waals surface area contributed by atoms with Crippen molar-refractivity contribution in [1.82, 2.24) is 14.5 Å². The Morgan fingerprint density at radius 1 is 1.43 bits per heavy atom. The number of nitrogens with zero attached hydrogens (tertiary/aromatic N) is 3. The Kier molecular flexibility index (Phi) is 1.80. The number of imidazole rings is 1. The highest BCUT2D eigenvalue weighted by molar-refractivity contribution is 5.65. The molecule has 14 heavy (non-hydrogen) atoms. The maximum absolute atomic E-state index is 12.5. The molecule has 1 aromatic rings. The Morgan fingerprint density at radius 2 is 2.14 bits per heavy atom. The molecule has 1 aliphatic heterocycles. The summed E-state index contributed by atoms with van der Waals surface area (Å²) in [6.45, 7) is 0.398. The number of rotatable bonds is 0. The number of fused-ring (bicyclic) bond motifs is 1. The second-order valence-corrected chi connectivity index (χ2v) is 3.16. The monoisotopic (exact) mass is 203 g/mol. The highest BCUT2D eigenvalue weighted by atomic mass is 19.4. The smallest absolute Gasteiger partial charge is 0.362 e. The molecule has 1 aromatic heterocycles. The fraction of sp³-hybridized carbons (Fsp3) is 0.375. The molecular formula is C8H8F3N3. The van der Waals surface area contributed by atoms with E-state index in [9.17, 15) is 13.2 Å². The van der Waals surface area contributed by atoms with Gasteiger partial charge in [0.25, 0.3) is 0 Å². The van der Waals surface area contributed by atoms with Gasteiger partial charge >= 0.3 is 6.18 Å². The summed E-state index contributed by atoms with van der Waals surface area (Å²) in [5.74, 6) is -0.0180. The molecule has 2 rings (SSSR count). The van der Waals surface area contributed by atoms with Crippen LogP contribution in [0.2, 0.25) is 0 Å². The molecule has 0 aliphatic carbocycles. The van der Waals surface area contributed by atoms with E-state index in [4.69, 9.17) is 0 Å². The van der Waals surface area contributed by atoms with E-state index in [0.717, 1.165) is 6.20 Å². The van der Waals surface area contributed by atoms with Crippen LogP contribution in [0.3, 0.4) is 0 Å². The molecule has 0 aromatic carbocycles. The van der Waals surface area contributed by atoms with Gasteiger partial charge in [0.1, 0.15) is 11.4 Å². The summed E-state index contributed by atoms with van der Waals surface area (Å²) in [5, 5.41) is 0. The summed E-state index contributed by atoms with van der Waals surface area (Å²) in [5.41, 5.74) is -0.698. The molecule has 76 valence electrons. The Labute approximate surface area is 78.5 Å². The van der Waals surface area contributed by atoms with Crippen LogP contribution >= 0.6 is 0 Å². The van der Waals surface area contributed by atoms with Gasteiger partial charge in [-0.2, -0.15) is 13.2 Å². The van der Waals surface area contributed by atoms with E-state index in [1.807, 2.05) is 0 Å². The van der Waals surface area contributed by atoms with Gasteiger partial charge in [0, 0.05) is 25.6 Å². The SMILES string of the molecule is CN1C=C(C(F)(F)F)c2nccn2C1. The Balaban J connectivity index is 2.50. The highest BCUT2D eigenvalue weighted by Gasteiger charge is 2.39. The lowest BCUT2D eigenvalue weighted by molar-refractivity contribution is -0.0711. The minimum absolute atomic E-state index is 0.0180. The first kappa shape index (κ1) is 9.11. The lowest BCUT2D eigenvalue weighted by Gasteiger charge is -2.25. The van der Waals surface area contributed by atoms with Gasteiger partial charge in [0.15, 0.2) is 0 Å². The first-order valence-electron chi connectivity index (χ1n) is 3.99. The third kappa shape index (κ3) is 1.36. The van der Waals surface area contributed by atoms with Crippen molar-refractivity contribution in [3.63, 3.8) is 0 Å². The summed E-state index contributed by atoms with van der Waals surface area (Å²) >= 11 is 0. The van der Waals surface area contributed by atoms with Crippen molar-refractivity contribution in [2.75, 3.05) is 7.05 Å². The van der Waals surface area contributed by atoms with Crippen LogP contribution in [-0.4, -0.2) is 27.7 Å². The van der Waals surface area contributed by atoms with Crippen LogP contribution in [0.15, 0.2) is 18.6 Å². The van der Waals surface area contributed by atoms with Crippen molar-refractivity contribution in [2.45, 2.75) is 12.8 Å². The molecule has 0 spiro atoms. The second kappa shape index (κ2) is 2.76. The molecule has 0 radical (unpaired) electrons. The minimum atomic E-state index is -4.35. The van der Waals surface area contributed by atoms with Crippen molar-refractivity contribution in [2.24, 2.45) is 0 Å². The van der Waals surface area contributed by atoms with Gasteiger partial charge < -0.3 is 9.47 Å². The second-order valence-electron chi connectivity index (χ2n) is 3.16. The summed E-state index contributed by atoms with van der Waals surface area (Å²) in [6, 6.07) is 0. The Morgan fingerprint density at radius 3 is 2.79 bits per heavy atom. The van der Waals surface area contributed by atoms with Gasteiger partial charge in [-0.1, -0.05) is 0 Å². The van der Waals surface area contributed by atoms with E-state index < -0.39 is 11.7 Å². The molecule has 1 aliphatic rings. The fourth-order valence-corrected chi connectivity index (χ4v) is 1.43. The molecule has 0 unspecified atom stereocenters. The standard InChI is InChI=1S/C8H8F3N3/c1-13-4-6(8(9,10)11)7-12-2-3-14(7)5-13/h2-4H,5H2,1H3. The van der Waals surface area contributed by atoms with Crippen LogP contribution < -0.4 is 0 Å². The molecule has 0 bridgehead atoms. The van der Waals surface area contributed by atoms with Gasteiger partial charge in [0.2, 0.25) is 0 Å². The van der Waals surface area contributed by atoms with E-state index >= 15 is 0 Å². The van der Waals surface area contributed by atoms with Crippen LogP contribution in [0, 0.1) is 0 Å². The average molecular weight is 203 g/mol. The first-order chi connectivity index (χ1) is 6.48. The number of alkyl halides is 3. The molecule has 0 atom stereocenters. The van der Waals surface area contributed by atoms with Crippen molar-refractivity contribution in [3.05, 3.63) is 24.4 Å². The van der Waals surface area contributed by atoms with E-state index in [0.29, 0.717) is 6.67 Å². The first-order valence-corrected chi connectivity index (χ1v) is 3.99. The van der Waals surface area contributed by atoms with Crippen LogP contribution in [0.1, 0.15) is 5.82 Å². The van der Waals surface area contributed by atoms with E-state index in [-0.39, 0.29) is 5.82 Å². The van der Waals surface area contributed by atoms with Crippen LogP contribution in [0.25, 0.3) is 5.57 Å². The number of hydrogen-bond donors (Lipinski definition) is 0. The molecule has 2 heterocycles. The minimum Gasteiger partial charge on any atom is -0.362 e. The molecule has 0 saturated carbocycles. The van der Waals surface area contributed by atoms with E-state index in [1.54, 1.807) is 7.05 Å².